The maximum atomic E-state index is 13.8. The van der Waals surface area contributed by atoms with Gasteiger partial charge in [-0.1, -0.05) is 23.8 Å². The van der Waals surface area contributed by atoms with Crippen molar-refractivity contribution in [2.45, 2.75) is 16.4 Å². The van der Waals surface area contributed by atoms with Gasteiger partial charge in [0.2, 0.25) is 15.9 Å². The summed E-state index contributed by atoms with van der Waals surface area (Å²) < 4.78 is 255. The van der Waals surface area contributed by atoms with Crippen molar-refractivity contribution in [2.75, 3.05) is 26.3 Å². The molecule has 11 heteroatoms. The fourth-order valence-corrected chi connectivity index (χ4v) is 3.59. The lowest BCUT2D eigenvalue weighted by Gasteiger charge is -2.07. The van der Waals surface area contributed by atoms with E-state index in [1.54, 1.807) is 0 Å². The van der Waals surface area contributed by atoms with Crippen molar-refractivity contribution in [2.24, 2.45) is 5.72 Å². The van der Waals surface area contributed by atoms with Crippen LogP contribution < -0.4 is 19.9 Å². The van der Waals surface area contributed by atoms with E-state index in [1.807, 2.05) is 0 Å². The van der Waals surface area contributed by atoms with Gasteiger partial charge in [0.25, 0.3) is 0 Å². The van der Waals surface area contributed by atoms with Crippen LogP contribution in [0.15, 0.2) is 82.6 Å². The lowest BCUT2D eigenvalue weighted by Crippen LogP contribution is -2.26. The van der Waals surface area contributed by atoms with E-state index < -0.39 is 193 Å². The smallest absolute Gasteiger partial charge is 0.240 e. The largest absolute Gasteiger partial charge is 0.497 e. The van der Waals surface area contributed by atoms with Crippen LogP contribution in [0.2, 0.25) is 5.65 Å². The quantitative estimate of drug-likeness (QED) is 0.208. The Kier molecular flexibility index (Phi) is 2.93. The molecule has 1 amide bonds. The number of methoxy groups -OCH3 is 2. The molecule has 4 aromatic rings. The van der Waals surface area contributed by atoms with Gasteiger partial charge in [-0.15, -0.1) is 0 Å². The molecule has 1 heterocycles. The molecule has 0 fully saturated rings. The number of imidazole rings is 1. The molecule has 4 rings (SSSR count). The van der Waals surface area contributed by atoms with Gasteiger partial charge >= 0.3 is 0 Å². The summed E-state index contributed by atoms with van der Waals surface area (Å²) in [5, 5.41) is -1.19. The lowest BCUT2D eigenvalue weighted by molar-refractivity contribution is -0.117. The summed E-state index contributed by atoms with van der Waals surface area (Å²) in [5.74, 6) is -4.14. The van der Waals surface area contributed by atoms with Crippen LogP contribution in [0, 0.1) is 0 Å². The van der Waals surface area contributed by atoms with Crippen molar-refractivity contribution in [3.8, 4) is 34.0 Å². The number of aromatic nitrogens is 2. The fourth-order valence-electron chi connectivity index (χ4n) is 2.46. The molecular formula is C27H28N4O5S2. The van der Waals surface area contributed by atoms with Crippen molar-refractivity contribution in [3.05, 3.63) is 78.1 Å². The second-order valence-corrected chi connectivity index (χ2v) is 8.66. The van der Waals surface area contributed by atoms with Crippen molar-refractivity contribution >= 4 is 27.7 Å². The molecule has 0 bridgehead atoms. The average molecular weight is 607 g/mol. The number of rotatable bonds is 12. The van der Waals surface area contributed by atoms with Crippen molar-refractivity contribution < 1.29 is 59.9 Å². The molecule has 198 valence electrons. The fraction of sp³-hybridized carbons (Fsp3) is 0.185. The van der Waals surface area contributed by atoms with Gasteiger partial charge < -0.3 is 20.2 Å². The monoisotopic (exact) mass is 606 g/mol. The minimum absolute atomic E-state index is 0.0448. The van der Waals surface area contributed by atoms with Crippen LogP contribution in [0.25, 0.3) is 22.5 Å². The predicted octanol–water partition coefficient (Wildman–Crippen LogP) is 3.86. The number of ether oxygens (including phenoxy) is 2. The lowest BCUT2D eigenvalue weighted by atomic mass is 10.0. The third kappa shape index (κ3) is 6.74. The number of thioether (sulfide) groups is 1. The van der Waals surface area contributed by atoms with Crippen LogP contribution in [-0.4, -0.2) is 50.6 Å². The molecule has 0 spiro atoms. The van der Waals surface area contributed by atoms with Gasteiger partial charge in [-0.05, 0) is 66.0 Å². The highest BCUT2D eigenvalue weighted by Crippen LogP contribution is 2.34. The number of carbonyl (C=O) groups excluding carboxylic acids is 1. The van der Waals surface area contributed by atoms with E-state index in [-0.39, 0.29) is 4.98 Å². The number of primary amides is 1. The van der Waals surface area contributed by atoms with E-state index >= 15 is 0 Å². The first-order valence-corrected chi connectivity index (χ1v) is 11.8. The van der Waals surface area contributed by atoms with Crippen molar-refractivity contribution in [1.82, 2.24) is 14.7 Å². The van der Waals surface area contributed by atoms with E-state index in [0.29, 0.717) is 0 Å². The summed E-state index contributed by atoms with van der Waals surface area (Å²) >= 11 is -0.572. The summed E-state index contributed by atoms with van der Waals surface area (Å²) in [6, 6.07) is -15.9. The number of aromatic amines is 1. The van der Waals surface area contributed by atoms with Crippen LogP contribution in [0.5, 0.6) is 11.5 Å². The summed E-state index contributed by atoms with van der Waals surface area (Å²) in [6.07, 6.45) is -3.67. The van der Waals surface area contributed by atoms with Crippen LogP contribution in [0.4, 0.5) is 0 Å². The van der Waals surface area contributed by atoms with Crippen molar-refractivity contribution in [1.29, 1.82) is 0 Å². The van der Waals surface area contributed by atoms with Gasteiger partial charge in [0.1, 0.15) is 12.9 Å². The van der Waals surface area contributed by atoms with E-state index in [2.05, 4.69) is 9.72 Å². The Balaban J connectivity index is 2.02. The third-order valence-electron chi connectivity index (χ3n) is 3.98. The maximum Gasteiger partial charge on any atom is 0.240 e. The van der Waals surface area contributed by atoms with Gasteiger partial charge in [-0.2, -0.15) is 0 Å². The topological polar surface area (TPSA) is 136 Å². The van der Waals surface area contributed by atoms with E-state index in [1.165, 1.54) is 0 Å². The molecule has 0 aliphatic rings. The Labute approximate surface area is 264 Å². The van der Waals surface area contributed by atoms with E-state index in [4.69, 9.17) is 41.9 Å². The molecule has 0 saturated carbocycles. The molecule has 38 heavy (non-hydrogen) atoms. The number of carbonyl (C=O) groups is 1. The predicted molar refractivity (Wildman–Crippen MR) is 148 cm³/mol. The summed E-state index contributed by atoms with van der Waals surface area (Å²) in [7, 11) is -11.7. The van der Waals surface area contributed by atoms with Gasteiger partial charge in [0.15, 0.2) is 9.39 Å². The SMILES string of the molecule is [3H]c1c([3H])c(-c2nc(SC([3H])([3H])C([3H])([3H])N([3H])S(=O)(=O)c3c([3H])c([3H])c(C([3H])([3H])C(=O)N([3H])[3H])c([3H])c3[3H])n([3H])c2-c2c([3H])c([3H])c(OC([3H])([3H])[3H])c([3H])c2[3H])c([3H])c([3H])c1OC([3H])[3H]. The Morgan fingerprint density at radius 2 is 1.82 bits per heavy atom. The molecule has 0 radical (unpaired) electrons. The molecular weight excluding hydrogens is 524 g/mol. The molecule has 0 aliphatic carbocycles. The number of nitrogens with zero attached hydrogens (tertiary/aromatic N) is 1. The summed E-state index contributed by atoms with van der Waals surface area (Å²) in [5.41, 5.74) is -10.3. The number of nitrogens with two attached hydrogens (primary N) is 1. The minimum atomic E-state index is -6.13. The highest BCUT2D eigenvalue weighted by atomic mass is 32.2. The second-order valence-electron chi connectivity index (χ2n) is 6.35. The molecule has 0 unspecified atom stereocenters. The Morgan fingerprint density at radius 1 is 1.13 bits per heavy atom. The Bertz CT molecular complexity index is 2640. The standard InChI is InChI=1S/C27H28N4O5S2/c1-35-21-9-5-19(6-10-21)25-26(20-7-11-22(36-2)12-8-20)31-27(30-25)37-16-15-29-38(33,34)23-13-3-18(4-14-23)17-24(28)32/h3-14,29H,15-17H2,1-2H3,(H2,28,32)(H,30,31)/i1T2,2T3,3T,4T,5T,6T,7T,8T,9T,10T,11T,12T,13T,14T,15T2,16T2,17T2/hT4. The first-order valence-electron chi connectivity index (χ1n) is 23.0. The van der Waals surface area contributed by atoms with E-state index in [0.717, 1.165) is 0 Å². The van der Waals surface area contributed by atoms with Gasteiger partial charge in [-0.25, -0.2) is 18.1 Å². The number of amides is 1. The molecule has 9 nitrogen and oxygen atoms in total. The Morgan fingerprint density at radius 3 is 2.47 bits per heavy atom. The zero-order valence-electron chi connectivity index (χ0n) is 45.2. The second kappa shape index (κ2) is 12.2. The molecule has 0 aliphatic heterocycles. The number of sulfonamides is 1. The molecule has 4 N–H and O–H groups in total. The normalized spacial score (nSPS) is 23.1. The highest BCUT2D eigenvalue weighted by Gasteiger charge is 2.17. The molecule has 3 aromatic carbocycles. The molecule has 0 saturated heterocycles. The van der Waals surface area contributed by atoms with Crippen LogP contribution in [0.3, 0.4) is 0 Å². The summed E-state index contributed by atoms with van der Waals surface area (Å²) in [4.78, 5) is 14.3. The number of benzene rings is 3. The molecule has 0 atom stereocenters. The van der Waals surface area contributed by atoms with E-state index in [9.17, 15) is 13.2 Å². The number of hydrogen-bond acceptors (Lipinski definition) is 7. The van der Waals surface area contributed by atoms with Crippen LogP contribution in [-0.2, 0) is 21.2 Å². The van der Waals surface area contributed by atoms with Gasteiger partial charge in [0, 0.05) is 31.6 Å². The zero-order valence-corrected chi connectivity index (χ0v) is 19.9. The van der Waals surface area contributed by atoms with Crippen molar-refractivity contribution in [3.63, 3.8) is 0 Å². The van der Waals surface area contributed by atoms with Crippen LogP contribution in [0.1, 0.15) is 37.1 Å². The number of H-pyrrole nitrogens is 1. The first-order chi connectivity index (χ1) is 29.3. The number of hydrogen-bond donors (Lipinski definition) is 3. The highest BCUT2D eigenvalue weighted by molar-refractivity contribution is 7.99. The average Bonchev–Trinajstić information content (AvgIpc) is 3.47. The molecule has 1 aromatic heterocycles. The van der Waals surface area contributed by atoms with Crippen LogP contribution >= 0.6 is 11.8 Å². The number of nitrogens with one attached hydrogen (secondary N) is 2. The van der Waals surface area contributed by atoms with Gasteiger partial charge in [0.05, 0.1) is 60.1 Å². The zero-order chi connectivity index (χ0) is 50.3. The first kappa shape index (κ1) is 9.15. The minimum Gasteiger partial charge on any atom is -0.497 e. The van der Waals surface area contributed by atoms with Gasteiger partial charge in [-0.3, -0.25) is 4.79 Å². The Hall–Kier alpha value is -3.80. The maximum absolute atomic E-state index is 13.8. The third-order valence-corrected chi connectivity index (χ3v) is 5.59. The summed E-state index contributed by atoms with van der Waals surface area (Å²) in [6.45, 7) is -4.30.